The van der Waals surface area contributed by atoms with E-state index in [1.54, 1.807) is 19.4 Å². The number of carbonyl (C=O) groups is 1. The van der Waals surface area contributed by atoms with Gasteiger partial charge in [-0.05, 0) is 24.4 Å². The Balaban J connectivity index is 2.91. The number of benzene rings is 1. The number of hydrogen-bond acceptors (Lipinski definition) is 3. The molecule has 0 radical (unpaired) electrons. The van der Waals surface area contributed by atoms with Gasteiger partial charge < -0.3 is 4.74 Å². The highest BCUT2D eigenvalue weighted by Crippen LogP contribution is 2.30. The maximum Gasteiger partial charge on any atom is 0.153 e. The molecule has 76 valence electrons. The fraction of sp³-hybridized carbons (Fsp3) is 0.167. The standard InChI is InChI=1S/C12H11NO2/c1-8-11-9(5-6-13-8)3-4-10(7-14)12(11)15-2/h3-7H,1-2H3. The van der Waals surface area contributed by atoms with Gasteiger partial charge in [0.2, 0.25) is 0 Å². The largest absolute Gasteiger partial charge is 0.495 e. The second kappa shape index (κ2) is 3.69. The number of nitrogens with zero attached hydrogens (tertiary/aromatic N) is 1. The molecule has 0 fully saturated rings. The van der Waals surface area contributed by atoms with E-state index in [4.69, 9.17) is 4.74 Å². The van der Waals surface area contributed by atoms with Crippen molar-refractivity contribution < 1.29 is 9.53 Å². The zero-order chi connectivity index (χ0) is 10.8. The number of ether oxygens (including phenoxy) is 1. The molecule has 0 amide bonds. The summed E-state index contributed by atoms with van der Waals surface area (Å²) in [5.41, 5.74) is 1.43. The predicted molar refractivity (Wildman–Crippen MR) is 58.4 cm³/mol. The molecule has 1 heterocycles. The second-order valence-electron chi connectivity index (χ2n) is 3.30. The van der Waals surface area contributed by atoms with Crippen LogP contribution in [-0.2, 0) is 0 Å². The van der Waals surface area contributed by atoms with Crippen molar-refractivity contribution >= 4 is 17.1 Å². The van der Waals surface area contributed by atoms with Crippen LogP contribution in [0, 0.1) is 6.92 Å². The number of aldehydes is 1. The van der Waals surface area contributed by atoms with Crippen LogP contribution in [0.4, 0.5) is 0 Å². The van der Waals surface area contributed by atoms with Gasteiger partial charge in [0.05, 0.1) is 12.7 Å². The van der Waals surface area contributed by atoms with E-state index in [-0.39, 0.29) is 0 Å². The lowest BCUT2D eigenvalue weighted by molar-refractivity contribution is 0.112. The van der Waals surface area contributed by atoms with E-state index in [1.165, 1.54) is 0 Å². The number of methoxy groups -OCH3 is 1. The van der Waals surface area contributed by atoms with E-state index in [0.717, 1.165) is 22.8 Å². The molecule has 0 saturated carbocycles. The Morgan fingerprint density at radius 2 is 2.13 bits per heavy atom. The third-order valence-corrected chi connectivity index (χ3v) is 2.44. The van der Waals surface area contributed by atoms with Crippen LogP contribution in [0.1, 0.15) is 16.1 Å². The number of aromatic nitrogens is 1. The summed E-state index contributed by atoms with van der Waals surface area (Å²) in [5.74, 6) is 0.605. The normalized spacial score (nSPS) is 10.3. The van der Waals surface area contributed by atoms with Crippen LogP contribution >= 0.6 is 0 Å². The maximum absolute atomic E-state index is 10.8. The molecular weight excluding hydrogens is 190 g/mol. The molecule has 0 aliphatic carbocycles. The van der Waals surface area contributed by atoms with Crippen molar-refractivity contribution in [3.05, 3.63) is 35.7 Å². The van der Waals surface area contributed by atoms with Crippen LogP contribution in [0.3, 0.4) is 0 Å². The SMILES string of the molecule is COc1c(C=O)ccc2ccnc(C)c12. The number of fused-ring (bicyclic) bond motifs is 1. The number of pyridine rings is 1. The van der Waals surface area contributed by atoms with E-state index in [2.05, 4.69) is 4.98 Å². The van der Waals surface area contributed by atoms with E-state index in [9.17, 15) is 4.79 Å². The molecule has 0 aliphatic heterocycles. The zero-order valence-electron chi connectivity index (χ0n) is 8.65. The Bertz CT molecular complexity index is 520. The molecule has 2 rings (SSSR count). The highest BCUT2D eigenvalue weighted by Gasteiger charge is 2.09. The summed E-state index contributed by atoms with van der Waals surface area (Å²) in [6, 6.07) is 5.56. The lowest BCUT2D eigenvalue weighted by Crippen LogP contribution is -1.94. The van der Waals surface area contributed by atoms with Crippen molar-refractivity contribution in [3.63, 3.8) is 0 Å². The zero-order valence-corrected chi connectivity index (χ0v) is 8.65. The van der Waals surface area contributed by atoms with Gasteiger partial charge in [-0.1, -0.05) is 6.07 Å². The molecule has 1 aromatic heterocycles. The summed E-state index contributed by atoms with van der Waals surface area (Å²) in [6.07, 6.45) is 2.54. The predicted octanol–water partition coefficient (Wildman–Crippen LogP) is 2.36. The Hall–Kier alpha value is -1.90. The van der Waals surface area contributed by atoms with E-state index >= 15 is 0 Å². The second-order valence-corrected chi connectivity index (χ2v) is 3.30. The van der Waals surface area contributed by atoms with Gasteiger partial charge in [-0.25, -0.2) is 0 Å². The average Bonchev–Trinajstić information content (AvgIpc) is 2.28. The quantitative estimate of drug-likeness (QED) is 0.700. The first-order chi connectivity index (χ1) is 7.27. The molecule has 0 aliphatic rings. The summed E-state index contributed by atoms with van der Waals surface area (Å²) in [4.78, 5) is 15.0. The number of rotatable bonds is 2. The molecule has 3 heteroatoms. The van der Waals surface area contributed by atoms with Gasteiger partial charge >= 0.3 is 0 Å². The Morgan fingerprint density at radius 1 is 1.33 bits per heavy atom. The molecule has 1 aromatic carbocycles. The topological polar surface area (TPSA) is 39.2 Å². The summed E-state index contributed by atoms with van der Waals surface area (Å²) in [5, 5.41) is 1.94. The minimum atomic E-state index is 0.557. The van der Waals surface area contributed by atoms with Crippen LogP contribution < -0.4 is 4.74 Å². The van der Waals surface area contributed by atoms with Crippen LogP contribution in [0.25, 0.3) is 10.8 Å². The number of aryl methyl sites for hydroxylation is 1. The van der Waals surface area contributed by atoms with Crippen molar-refractivity contribution in [2.45, 2.75) is 6.92 Å². The molecule has 2 aromatic rings. The van der Waals surface area contributed by atoms with Crippen molar-refractivity contribution in [2.75, 3.05) is 7.11 Å². The minimum Gasteiger partial charge on any atom is -0.495 e. The van der Waals surface area contributed by atoms with Gasteiger partial charge in [-0.15, -0.1) is 0 Å². The highest BCUT2D eigenvalue weighted by molar-refractivity contribution is 5.97. The van der Waals surface area contributed by atoms with Gasteiger partial charge in [0, 0.05) is 17.3 Å². The summed E-state index contributed by atoms with van der Waals surface area (Å²) in [7, 11) is 1.56. The third-order valence-electron chi connectivity index (χ3n) is 2.44. The van der Waals surface area contributed by atoms with E-state index in [1.807, 2.05) is 19.1 Å². The summed E-state index contributed by atoms with van der Waals surface area (Å²) < 4.78 is 5.26. The molecule has 0 saturated heterocycles. The van der Waals surface area contributed by atoms with Crippen LogP contribution in [-0.4, -0.2) is 18.4 Å². The summed E-state index contributed by atoms with van der Waals surface area (Å²) >= 11 is 0. The number of hydrogen-bond donors (Lipinski definition) is 0. The molecule has 0 bridgehead atoms. The average molecular weight is 201 g/mol. The van der Waals surface area contributed by atoms with Gasteiger partial charge in [0.15, 0.2) is 6.29 Å². The van der Waals surface area contributed by atoms with Crippen LogP contribution in [0.15, 0.2) is 24.4 Å². The molecule has 0 atom stereocenters. The monoisotopic (exact) mass is 201 g/mol. The summed E-state index contributed by atoms with van der Waals surface area (Å²) in [6.45, 7) is 1.90. The van der Waals surface area contributed by atoms with Crippen molar-refractivity contribution in [2.24, 2.45) is 0 Å². The van der Waals surface area contributed by atoms with Crippen molar-refractivity contribution in [3.8, 4) is 5.75 Å². The fourth-order valence-corrected chi connectivity index (χ4v) is 1.73. The Labute approximate surface area is 87.7 Å². The van der Waals surface area contributed by atoms with Crippen LogP contribution in [0.5, 0.6) is 5.75 Å². The minimum absolute atomic E-state index is 0.557. The molecular formula is C12H11NO2. The van der Waals surface area contributed by atoms with Gasteiger partial charge in [-0.3, -0.25) is 9.78 Å². The van der Waals surface area contributed by atoms with Crippen LogP contribution in [0.2, 0.25) is 0 Å². The first-order valence-corrected chi connectivity index (χ1v) is 4.65. The first kappa shape index (κ1) is 9.65. The smallest absolute Gasteiger partial charge is 0.153 e. The van der Waals surface area contributed by atoms with Crippen molar-refractivity contribution in [1.29, 1.82) is 0 Å². The van der Waals surface area contributed by atoms with E-state index in [0.29, 0.717) is 11.3 Å². The van der Waals surface area contributed by atoms with Gasteiger partial charge in [-0.2, -0.15) is 0 Å². The molecule has 0 N–H and O–H groups in total. The molecule has 15 heavy (non-hydrogen) atoms. The molecule has 0 unspecified atom stereocenters. The highest BCUT2D eigenvalue weighted by atomic mass is 16.5. The van der Waals surface area contributed by atoms with Crippen molar-refractivity contribution in [1.82, 2.24) is 4.98 Å². The maximum atomic E-state index is 10.8. The Kier molecular flexibility index (Phi) is 2.37. The third kappa shape index (κ3) is 1.46. The molecule has 0 spiro atoms. The van der Waals surface area contributed by atoms with Gasteiger partial charge in [0.1, 0.15) is 5.75 Å². The number of carbonyl (C=O) groups excluding carboxylic acids is 1. The fourth-order valence-electron chi connectivity index (χ4n) is 1.73. The van der Waals surface area contributed by atoms with Gasteiger partial charge in [0.25, 0.3) is 0 Å². The Morgan fingerprint density at radius 3 is 2.80 bits per heavy atom. The van der Waals surface area contributed by atoms with E-state index < -0.39 is 0 Å². The lowest BCUT2D eigenvalue weighted by Gasteiger charge is -2.09. The first-order valence-electron chi connectivity index (χ1n) is 4.65. The lowest BCUT2D eigenvalue weighted by atomic mass is 10.1. The molecule has 3 nitrogen and oxygen atoms in total.